The number of carbonyl (C=O) groups is 1. The number of carbonyl (C=O) groups excluding carboxylic acids is 1. The number of rotatable bonds is 5. The molecule has 1 aromatic heterocycles. The van der Waals surface area contributed by atoms with Gasteiger partial charge < -0.3 is 10.2 Å². The van der Waals surface area contributed by atoms with Crippen LogP contribution < -0.4 is 5.32 Å². The molecule has 1 amide bonds. The van der Waals surface area contributed by atoms with Crippen LogP contribution in [-0.2, 0) is 11.3 Å². The van der Waals surface area contributed by atoms with Crippen molar-refractivity contribution in [2.75, 3.05) is 13.6 Å². The van der Waals surface area contributed by atoms with Gasteiger partial charge in [-0.15, -0.1) is 0 Å². The summed E-state index contributed by atoms with van der Waals surface area (Å²) in [5.41, 5.74) is 0.915. The first-order chi connectivity index (χ1) is 8.04. The predicted molar refractivity (Wildman–Crippen MR) is 71.5 cm³/mol. The number of halogens is 1. The molecule has 5 heteroatoms. The van der Waals surface area contributed by atoms with E-state index in [1.165, 1.54) is 0 Å². The van der Waals surface area contributed by atoms with Gasteiger partial charge in [0.2, 0.25) is 5.91 Å². The molecule has 0 spiro atoms. The Kier molecular flexibility index (Phi) is 5.58. The predicted octanol–water partition coefficient (Wildman–Crippen LogP) is 1.80. The molecule has 0 aliphatic heterocycles. The van der Waals surface area contributed by atoms with Crippen molar-refractivity contribution in [2.45, 2.75) is 26.4 Å². The van der Waals surface area contributed by atoms with Gasteiger partial charge in [-0.3, -0.25) is 4.79 Å². The third kappa shape index (κ3) is 4.44. The lowest BCUT2D eigenvalue weighted by Gasteiger charge is -2.20. The Morgan fingerprint density at radius 3 is 2.88 bits per heavy atom. The first kappa shape index (κ1) is 14.1. The summed E-state index contributed by atoms with van der Waals surface area (Å²) in [7, 11) is 1.80. The molecule has 0 saturated carbocycles. The third-order valence-corrected chi connectivity index (χ3v) is 3.02. The number of hydrogen-bond acceptors (Lipinski definition) is 3. The lowest BCUT2D eigenvalue weighted by molar-refractivity contribution is -0.131. The van der Waals surface area contributed by atoms with Crippen molar-refractivity contribution >= 4 is 21.8 Å². The third-order valence-electron chi connectivity index (χ3n) is 2.58. The fourth-order valence-electron chi connectivity index (χ4n) is 1.38. The molecule has 1 rings (SSSR count). The zero-order valence-electron chi connectivity index (χ0n) is 10.4. The maximum Gasteiger partial charge on any atom is 0.239 e. The first-order valence-electron chi connectivity index (χ1n) is 5.64. The zero-order valence-corrected chi connectivity index (χ0v) is 12.0. The number of likely N-dealkylation sites (N-methyl/N-ethyl adjacent to an activating group) is 1. The van der Waals surface area contributed by atoms with Gasteiger partial charge in [-0.05, 0) is 41.9 Å². The van der Waals surface area contributed by atoms with Gasteiger partial charge in [0.15, 0.2) is 0 Å². The molecular weight excluding hydrogens is 282 g/mol. The molecule has 4 nitrogen and oxygen atoms in total. The van der Waals surface area contributed by atoms with E-state index in [9.17, 15) is 4.79 Å². The van der Waals surface area contributed by atoms with Crippen LogP contribution in [0.4, 0.5) is 0 Å². The summed E-state index contributed by atoms with van der Waals surface area (Å²) in [4.78, 5) is 17.8. The lowest BCUT2D eigenvalue weighted by atomic mass is 10.2. The van der Waals surface area contributed by atoms with E-state index in [1.807, 2.05) is 32.0 Å². The van der Waals surface area contributed by atoms with Crippen LogP contribution in [0.25, 0.3) is 0 Å². The maximum absolute atomic E-state index is 11.8. The standard InChI is InChI=1S/C12H18BrN3O/c1-4-16(3)12(17)9(2)14-8-10-6-5-7-11(13)15-10/h5-7,9,14H,4,8H2,1-3H3. The summed E-state index contributed by atoms with van der Waals surface area (Å²) in [6, 6.07) is 5.54. The minimum atomic E-state index is -0.194. The Balaban J connectivity index is 2.48. The van der Waals surface area contributed by atoms with Gasteiger partial charge in [0.1, 0.15) is 4.60 Å². The number of pyridine rings is 1. The summed E-state index contributed by atoms with van der Waals surface area (Å²) >= 11 is 3.32. The fraction of sp³-hybridized carbons (Fsp3) is 0.500. The largest absolute Gasteiger partial charge is 0.345 e. The van der Waals surface area contributed by atoms with E-state index in [1.54, 1.807) is 11.9 Å². The normalized spacial score (nSPS) is 12.2. The number of nitrogens with one attached hydrogen (secondary N) is 1. The number of amides is 1. The minimum Gasteiger partial charge on any atom is -0.345 e. The molecule has 0 aliphatic rings. The van der Waals surface area contributed by atoms with Crippen LogP contribution in [0, 0.1) is 0 Å². The van der Waals surface area contributed by atoms with Crippen molar-refractivity contribution in [1.29, 1.82) is 0 Å². The van der Waals surface area contributed by atoms with Crippen molar-refractivity contribution in [1.82, 2.24) is 15.2 Å². The van der Waals surface area contributed by atoms with Gasteiger partial charge in [-0.25, -0.2) is 4.98 Å². The highest BCUT2D eigenvalue weighted by atomic mass is 79.9. The van der Waals surface area contributed by atoms with Crippen molar-refractivity contribution in [3.63, 3.8) is 0 Å². The van der Waals surface area contributed by atoms with E-state index in [-0.39, 0.29) is 11.9 Å². The van der Waals surface area contributed by atoms with Crippen molar-refractivity contribution in [3.8, 4) is 0 Å². The topological polar surface area (TPSA) is 45.2 Å². The van der Waals surface area contributed by atoms with Gasteiger partial charge >= 0.3 is 0 Å². The summed E-state index contributed by atoms with van der Waals surface area (Å²) < 4.78 is 0.807. The molecule has 0 radical (unpaired) electrons. The minimum absolute atomic E-state index is 0.0995. The molecule has 0 saturated heterocycles. The quantitative estimate of drug-likeness (QED) is 0.843. The highest BCUT2D eigenvalue weighted by molar-refractivity contribution is 9.10. The monoisotopic (exact) mass is 299 g/mol. The molecule has 1 heterocycles. The summed E-state index contributed by atoms with van der Waals surface area (Å²) in [5, 5.41) is 3.17. The molecular formula is C12H18BrN3O. The summed E-state index contributed by atoms with van der Waals surface area (Å²) in [6.07, 6.45) is 0. The molecule has 1 aromatic rings. The molecule has 0 aliphatic carbocycles. The molecule has 0 bridgehead atoms. The van der Waals surface area contributed by atoms with Gasteiger partial charge in [0.05, 0.1) is 11.7 Å². The molecule has 94 valence electrons. The van der Waals surface area contributed by atoms with E-state index < -0.39 is 0 Å². The van der Waals surface area contributed by atoms with Crippen LogP contribution in [0.1, 0.15) is 19.5 Å². The average Bonchev–Trinajstić information content (AvgIpc) is 2.34. The second-order valence-electron chi connectivity index (χ2n) is 3.91. The van der Waals surface area contributed by atoms with E-state index in [4.69, 9.17) is 0 Å². The second-order valence-corrected chi connectivity index (χ2v) is 4.72. The van der Waals surface area contributed by atoms with Crippen molar-refractivity contribution in [3.05, 3.63) is 28.5 Å². The van der Waals surface area contributed by atoms with E-state index in [0.29, 0.717) is 6.54 Å². The number of nitrogens with zero attached hydrogens (tertiary/aromatic N) is 2. The smallest absolute Gasteiger partial charge is 0.239 e. The van der Waals surface area contributed by atoms with Crippen molar-refractivity contribution in [2.24, 2.45) is 0 Å². The van der Waals surface area contributed by atoms with Gasteiger partial charge in [0, 0.05) is 20.1 Å². The fourth-order valence-corrected chi connectivity index (χ4v) is 1.76. The van der Waals surface area contributed by atoms with Crippen LogP contribution >= 0.6 is 15.9 Å². The molecule has 1 unspecified atom stereocenters. The van der Waals surface area contributed by atoms with E-state index in [0.717, 1.165) is 16.8 Å². The van der Waals surface area contributed by atoms with Gasteiger partial charge in [-0.1, -0.05) is 6.07 Å². The average molecular weight is 300 g/mol. The van der Waals surface area contributed by atoms with E-state index >= 15 is 0 Å². The van der Waals surface area contributed by atoms with Crippen LogP contribution in [0.5, 0.6) is 0 Å². The van der Waals surface area contributed by atoms with Crippen LogP contribution in [0.3, 0.4) is 0 Å². The Labute approximate surface area is 111 Å². The molecule has 1 atom stereocenters. The highest BCUT2D eigenvalue weighted by Gasteiger charge is 2.15. The number of aromatic nitrogens is 1. The lowest BCUT2D eigenvalue weighted by Crippen LogP contribution is -2.42. The first-order valence-corrected chi connectivity index (χ1v) is 6.43. The van der Waals surface area contributed by atoms with Gasteiger partial charge in [-0.2, -0.15) is 0 Å². The number of hydrogen-bond donors (Lipinski definition) is 1. The van der Waals surface area contributed by atoms with Crippen molar-refractivity contribution < 1.29 is 4.79 Å². The summed E-state index contributed by atoms with van der Waals surface area (Å²) in [6.45, 7) is 5.14. The highest BCUT2D eigenvalue weighted by Crippen LogP contribution is 2.06. The molecule has 0 fully saturated rings. The van der Waals surface area contributed by atoms with Crippen LogP contribution in [0.15, 0.2) is 22.8 Å². The Morgan fingerprint density at radius 2 is 2.29 bits per heavy atom. The van der Waals surface area contributed by atoms with Crippen LogP contribution in [0.2, 0.25) is 0 Å². The second kappa shape index (κ2) is 6.71. The molecule has 0 aromatic carbocycles. The summed E-state index contributed by atoms with van der Waals surface area (Å²) in [5.74, 6) is 0.0995. The Hall–Kier alpha value is -0.940. The molecule has 1 N–H and O–H groups in total. The zero-order chi connectivity index (χ0) is 12.8. The SMILES string of the molecule is CCN(C)C(=O)C(C)NCc1cccc(Br)n1. The van der Waals surface area contributed by atoms with Crippen LogP contribution in [-0.4, -0.2) is 35.4 Å². The Morgan fingerprint density at radius 1 is 1.59 bits per heavy atom. The van der Waals surface area contributed by atoms with Gasteiger partial charge in [0.25, 0.3) is 0 Å². The Bertz CT molecular complexity index is 384. The van der Waals surface area contributed by atoms with E-state index in [2.05, 4.69) is 26.2 Å². The maximum atomic E-state index is 11.8. The molecule has 17 heavy (non-hydrogen) atoms.